The lowest BCUT2D eigenvalue weighted by molar-refractivity contribution is -0.155. The number of sulfonamides is 1. The fourth-order valence-corrected chi connectivity index (χ4v) is 12.9. The predicted molar refractivity (Wildman–Crippen MR) is 332 cm³/mol. The molecule has 8 heterocycles. The maximum atomic E-state index is 12.9. The zero-order chi connectivity index (χ0) is 61.5. The number of aromatic nitrogens is 8. The summed E-state index contributed by atoms with van der Waals surface area (Å²) in [7, 11) is 0.932. The van der Waals surface area contributed by atoms with Gasteiger partial charge in [0.05, 0.1) is 72.1 Å². The highest BCUT2D eigenvalue weighted by Gasteiger charge is 2.34. The van der Waals surface area contributed by atoms with E-state index in [1.54, 1.807) is 78.9 Å². The molecule has 86 heavy (non-hydrogen) atoms. The van der Waals surface area contributed by atoms with Crippen molar-refractivity contribution in [3.8, 4) is 27.6 Å². The number of carbonyl (C=O) groups is 2. The van der Waals surface area contributed by atoms with Gasteiger partial charge in [-0.2, -0.15) is 0 Å². The number of fused-ring (bicyclic) bond motifs is 7. The molecule has 12 rings (SSSR count). The highest BCUT2D eigenvalue weighted by molar-refractivity contribution is 7.92. The van der Waals surface area contributed by atoms with Crippen LogP contribution in [0.3, 0.4) is 0 Å². The van der Waals surface area contributed by atoms with Gasteiger partial charge in [0.15, 0.2) is 5.82 Å². The zero-order valence-corrected chi connectivity index (χ0v) is 51.7. The third kappa shape index (κ3) is 12.1. The lowest BCUT2D eigenvalue weighted by Crippen LogP contribution is -2.35. The molecule has 21 nitrogen and oxygen atoms in total. The molecule has 0 spiro atoms. The number of aryl methyl sites for hydroxylation is 4. The highest BCUT2D eigenvalue weighted by Crippen LogP contribution is 2.42. The predicted octanol–water partition coefficient (Wildman–Crippen LogP) is 12.2. The number of aromatic amines is 1. The van der Waals surface area contributed by atoms with Crippen molar-refractivity contribution in [2.24, 2.45) is 4.99 Å². The average molecular weight is 1220 g/mol. The lowest BCUT2D eigenvalue weighted by Gasteiger charge is -2.26. The third-order valence-corrected chi connectivity index (χ3v) is 17.4. The Labute approximate surface area is 505 Å². The molecule has 0 radical (unpaired) electrons. The Morgan fingerprint density at radius 1 is 0.907 bits per heavy atom. The summed E-state index contributed by atoms with van der Waals surface area (Å²) in [6.07, 6.45) is 3.49. The Morgan fingerprint density at radius 2 is 1.64 bits per heavy atom. The molecule has 3 N–H and O–H groups in total. The standard InChI is InChI=1S/C23H25ClN4O2S.C23H21N5O3.C16H17N3O4S/c1-12-13(2)31-22-19(12)20(15-7-9-16(24)10-8-15)25-17(11-18(29)30-23(4,5)6)21-27-26-14(3)28(21)22;1-12-21(14(3)31-27-12)16-9-18-15(10-20(16)30-4)22-19(11-25-18)26-23(29)28(22)13(2)17-7-5-6-8-24-17;1-19-10-11-9-12(7-8-13(11)17-16(19)20)18-24(21,22)15-6-4-3-5-14(15)23-2/h7-10,17H,11H2,1-6H3;5-11,13H,1-4H3,(H,26,29);3-9,18H,10H2,1-2H3,(H,17,20)/t17-;13-;/m01./s1. The summed E-state index contributed by atoms with van der Waals surface area (Å²) < 4.78 is 53.2. The van der Waals surface area contributed by atoms with Crippen molar-refractivity contribution in [1.29, 1.82) is 0 Å². The van der Waals surface area contributed by atoms with Gasteiger partial charge in [-0.15, -0.1) is 21.5 Å². The number of aliphatic imine (C=N–C) groups is 1. The molecule has 2 amide bonds. The van der Waals surface area contributed by atoms with E-state index in [1.165, 1.54) is 23.0 Å². The van der Waals surface area contributed by atoms with Gasteiger partial charge in [0, 0.05) is 63.1 Å². The van der Waals surface area contributed by atoms with Crippen LogP contribution in [0.2, 0.25) is 5.02 Å². The van der Waals surface area contributed by atoms with E-state index in [4.69, 9.17) is 35.3 Å². The molecule has 6 aromatic heterocycles. The molecule has 4 aromatic carbocycles. The van der Waals surface area contributed by atoms with Gasteiger partial charge in [0.2, 0.25) is 0 Å². The van der Waals surface area contributed by atoms with Crippen LogP contribution in [0.15, 0.2) is 129 Å². The quantitative estimate of drug-likeness (QED) is 0.102. The number of rotatable bonds is 11. The fourth-order valence-electron chi connectivity index (χ4n) is 10.4. The molecule has 10 aromatic rings. The molecule has 0 saturated carbocycles. The summed E-state index contributed by atoms with van der Waals surface area (Å²) in [5.74, 6) is 2.73. The van der Waals surface area contributed by atoms with Gasteiger partial charge in [0.1, 0.15) is 44.6 Å². The summed E-state index contributed by atoms with van der Waals surface area (Å²) >= 11 is 7.82. The normalized spacial score (nSPS) is 14.1. The van der Waals surface area contributed by atoms with Crippen molar-refractivity contribution in [3.63, 3.8) is 0 Å². The largest absolute Gasteiger partial charge is 0.496 e. The van der Waals surface area contributed by atoms with E-state index in [0.717, 1.165) is 77.7 Å². The number of ether oxygens (including phenoxy) is 3. The maximum absolute atomic E-state index is 12.9. The summed E-state index contributed by atoms with van der Waals surface area (Å²) in [6, 6.07) is 27.6. The van der Waals surface area contributed by atoms with Crippen molar-refractivity contribution < 1.29 is 36.7 Å². The fraction of sp³-hybridized carbons (Fsp3) is 0.274. The van der Waals surface area contributed by atoms with Crippen LogP contribution in [0, 0.1) is 34.6 Å². The molecule has 2 aliphatic rings. The second kappa shape index (κ2) is 24.1. The number of methoxy groups -OCH3 is 2. The van der Waals surface area contributed by atoms with E-state index in [9.17, 15) is 22.8 Å². The first-order chi connectivity index (χ1) is 40.9. The molecule has 0 unspecified atom stereocenters. The average Bonchev–Trinajstić information content (AvgIpc) is 1.60. The number of nitrogens with zero attached hydrogens (tertiary/aromatic N) is 9. The number of hydrogen-bond donors (Lipinski definition) is 3. The Kier molecular flexibility index (Phi) is 16.8. The van der Waals surface area contributed by atoms with Gasteiger partial charge in [0.25, 0.3) is 10.0 Å². The monoisotopic (exact) mass is 1220 g/mol. The summed E-state index contributed by atoms with van der Waals surface area (Å²) in [5.41, 5.74) is 10.6. The minimum Gasteiger partial charge on any atom is -0.496 e. The van der Waals surface area contributed by atoms with Gasteiger partial charge in [-0.3, -0.25) is 33.6 Å². The van der Waals surface area contributed by atoms with Crippen molar-refractivity contribution in [3.05, 3.63) is 181 Å². The Morgan fingerprint density at radius 3 is 2.33 bits per heavy atom. The van der Waals surface area contributed by atoms with Crippen LogP contribution >= 0.6 is 22.9 Å². The first-order valence-electron chi connectivity index (χ1n) is 27.3. The maximum Gasteiger partial charge on any atom is 0.327 e. The molecule has 2 atom stereocenters. The van der Waals surface area contributed by atoms with Crippen LogP contribution in [0.25, 0.3) is 38.1 Å². The van der Waals surface area contributed by atoms with E-state index < -0.39 is 21.7 Å². The topological polar surface area (TPSA) is 256 Å². The second-order valence-corrected chi connectivity index (χ2v) is 24.9. The Hall–Kier alpha value is -9.19. The SMILES string of the molecule is COc1cc2c(cc1-c1c(C)noc1C)ncc1[nH]c(=O)n([C@H](C)c3ccccn3)c12.COc1ccccc1S(=O)(=O)Nc1ccc2c(c1)CN(C)C(=O)N2.Cc1sc2c(c1C)C(c1ccc(Cl)cc1)=N[C@@H](CC(=O)OC(C)(C)C)c1nnc(C)n1-2. The van der Waals surface area contributed by atoms with Crippen LogP contribution in [-0.2, 0) is 26.1 Å². The minimum absolute atomic E-state index is 0.0654. The van der Waals surface area contributed by atoms with Crippen LogP contribution in [0.5, 0.6) is 11.5 Å². The van der Waals surface area contributed by atoms with E-state index in [-0.39, 0.29) is 40.8 Å². The van der Waals surface area contributed by atoms with Gasteiger partial charge in [-0.05, 0) is 140 Å². The second-order valence-electron chi connectivity index (χ2n) is 21.6. The molecule has 24 heteroatoms. The number of imidazole rings is 1. The van der Waals surface area contributed by atoms with Crippen molar-refractivity contribution in [2.45, 2.75) is 97.9 Å². The molecular weight excluding hydrogens is 1160 g/mol. The number of halogens is 1. The number of nitrogens with one attached hydrogen (secondary N) is 3. The summed E-state index contributed by atoms with van der Waals surface area (Å²) in [6.45, 7) is 17.8. The molecule has 444 valence electrons. The summed E-state index contributed by atoms with van der Waals surface area (Å²) in [5, 5.41) is 18.0. The van der Waals surface area contributed by atoms with E-state index in [0.29, 0.717) is 45.8 Å². The smallest absolute Gasteiger partial charge is 0.327 e. The lowest BCUT2D eigenvalue weighted by atomic mass is 9.99. The van der Waals surface area contributed by atoms with E-state index >= 15 is 0 Å². The van der Waals surface area contributed by atoms with Crippen molar-refractivity contribution in [1.82, 2.24) is 44.3 Å². The van der Waals surface area contributed by atoms with Crippen LogP contribution in [0.4, 0.5) is 16.2 Å². The number of benzene rings is 4. The van der Waals surface area contributed by atoms with Gasteiger partial charge in [-0.1, -0.05) is 47.1 Å². The Bertz CT molecular complexity index is 4430. The number of para-hydroxylation sites is 1. The first-order valence-corrected chi connectivity index (χ1v) is 30.0. The number of pyridine rings is 2. The van der Waals surface area contributed by atoms with Gasteiger partial charge < -0.3 is 33.9 Å². The van der Waals surface area contributed by atoms with E-state index in [1.807, 2.05) is 108 Å². The molecule has 0 bridgehead atoms. The van der Waals surface area contributed by atoms with Crippen molar-refractivity contribution in [2.75, 3.05) is 31.3 Å². The number of carbonyl (C=O) groups excluding carboxylic acids is 2. The summed E-state index contributed by atoms with van der Waals surface area (Å²) in [4.78, 5) is 57.0. The van der Waals surface area contributed by atoms with Gasteiger partial charge >= 0.3 is 17.7 Å². The number of amides is 2. The molecule has 2 aliphatic heterocycles. The van der Waals surface area contributed by atoms with Crippen molar-refractivity contribution >= 4 is 84.0 Å². The molecule has 0 saturated heterocycles. The Balaban J connectivity index is 0.000000145. The first kappa shape index (κ1) is 60.0. The molecule has 0 fully saturated rings. The number of anilines is 2. The molecular formula is C62H63ClN12O9S2. The third-order valence-electron chi connectivity index (χ3n) is 14.5. The van der Waals surface area contributed by atoms with Crippen LogP contribution in [-0.4, -0.2) is 97.3 Å². The number of thiophene rings is 1. The molecule has 0 aliphatic carbocycles. The minimum atomic E-state index is -3.78. The van der Waals surface area contributed by atoms with Crippen LogP contribution in [0.1, 0.15) is 102 Å². The van der Waals surface area contributed by atoms with E-state index in [2.05, 4.69) is 54.2 Å². The number of esters is 1. The van der Waals surface area contributed by atoms with Crippen LogP contribution < -0.4 is 25.2 Å². The zero-order valence-electron chi connectivity index (χ0n) is 49.4. The number of urea groups is 1. The highest BCUT2D eigenvalue weighted by atomic mass is 35.5. The number of hydrogen-bond acceptors (Lipinski definition) is 16. The van der Waals surface area contributed by atoms with Gasteiger partial charge in [-0.25, -0.2) is 18.0 Å². The number of H-pyrrole nitrogens is 1.